The molecular weight excluding hydrogens is 316 g/mol. The van der Waals surface area contributed by atoms with Crippen molar-refractivity contribution in [2.24, 2.45) is 0 Å². The highest BCUT2D eigenvalue weighted by Gasteiger charge is 2.37. The van der Waals surface area contributed by atoms with Crippen LogP contribution in [0.1, 0.15) is 17.5 Å². The highest BCUT2D eigenvalue weighted by Crippen LogP contribution is 2.25. The van der Waals surface area contributed by atoms with Gasteiger partial charge in [0.05, 0.1) is 25.7 Å². The lowest BCUT2D eigenvalue weighted by atomic mass is 10.0. The molecule has 1 fully saturated rings. The van der Waals surface area contributed by atoms with Crippen LogP contribution in [0.2, 0.25) is 0 Å². The maximum Gasteiger partial charge on any atom is 0.227 e. The molecule has 3 rings (SSSR count). The maximum absolute atomic E-state index is 12.9. The van der Waals surface area contributed by atoms with Gasteiger partial charge in [0, 0.05) is 26.0 Å². The number of hydrogen-bond donors (Lipinski definition) is 0. The summed E-state index contributed by atoms with van der Waals surface area (Å²) in [7, 11) is 3.35. The molecule has 25 heavy (non-hydrogen) atoms. The summed E-state index contributed by atoms with van der Waals surface area (Å²) in [5.41, 5.74) is 2.08. The van der Waals surface area contributed by atoms with Crippen LogP contribution in [-0.4, -0.2) is 48.7 Å². The third kappa shape index (κ3) is 4.17. The van der Waals surface area contributed by atoms with E-state index in [0.717, 1.165) is 36.3 Å². The molecule has 5 nitrogen and oxygen atoms in total. The summed E-state index contributed by atoms with van der Waals surface area (Å²) >= 11 is 0. The third-order valence-corrected chi connectivity index (χ3v) is 4.76. The number of pyridine rings is 1. The van der Waals surface area contributed by atoms with Gasteiger partial charge < -0.3 is 14.4 Å². The smallest absolute Gasteiger partial charge is 0.227 e. The summed E-state index contributed by atoms with van der Waals surface area (Å²) in [6.45, 7) is 0.728. The Hall–Kier alpha value is -2.40. The van der Waals surface area contributed by atoms with Gasteiger partial charge in [-0.3, -0.25) is 9.78 Å². The standard InChI is InChI=1S/C20H24N2O3/c1-24-17-7-3-5-15(11-17)13-20(23)22-10-8-19(25-2)18(22)12-16-6-4-9-21-14-16/h3-7,9,11,14,18-19H,8,10,12-13H2,1-2H3/t18-,19-/m0/s1. The van der Waals surface area contributed by atoms with Crippen molar-refractivity contribution in [2.45, 2.75) is 31.4 Å². The van der Waals surface area contributed by atoms with Gasteiger partial charge in [0.2, 0.25) is 5.91 Å². The van der Waals surface area contributed by atoms with Crippen LogP contribution in [0.5, 0.6) is 5.75 Å². The van der Waals surface area contributed by atoms with Crippen LogP contribution < -0.4 is 4.74 Å². The molecule has 1 aliphatic heterocycles. The van der Waals surface area contributed by atoms with Gasteiger partial charge in [-0.1, -0.05) is 18.2 Å². The largest absolute Gasteiger partial charge is 0.497 e. The summed E-state index contributed by atoms with van der Waals surface area (Å²) in [5, 5.41) is 0. The molecule has 1 amide bonds. The van der Waals surface area contributed by atoms with Crippen molar-refractivity contribution in [3.63, 3.8) is 0 Å². The summed E-state index contributed by atoms with van der Waals surface area (Å²) in [6, 6.07) is 11.7. The highest BCUT2D eigenvalue weighted by atomic mass is 16.5. The van der Waals surface area contributed by atoms with Crippen molar-refractivity contribution < 1.29 is 14.3 Å². The molecular formula is C20H24N2O3. The number of carbonyl (C=O) groups is 1. The van der Waals surface area contributed by atoms with E-state index in [1.54, 1.807) is 20.4 Å². The first-order chi connectivity index (χ1) is 12.2. The Bertz CT molecular complexity index is 705. The number of hydrogen-bond acceptors (Lipinski definition) is 4. The van der Waals surface area contributed by atoms with Gasteiger partial charge in [0.15, 0.2) is 0 Å². The predicted octanol–water partition coefficient (Wildman–Crippen LogP) is 2.49. The number of ether oxygens (including phenoxy) is 2. The maximum atomic E-state index is 12.9. The van der Waals surface area contributed by atoms with Crippen molar-refractivity contribution in [3.05, 3.63) is 59.9 Å². The summed E-state index contributed by atoms with van der Waals surface area (Å²) < 4.78 is 10.9. The lowest BCUT2D eigenvalue weighted by molar-refractivity contribution is -0.132. The zero-order valence-electron chi connectivity index (χ0n) is 14.7. The van der Waals surface area contributed by atoms with Crippen LogP contribution in [-0.2, 0) is 22.4 Å². The van der Waals surface area contributed by atoms with Crippen molar-refractivity contribution in [1.82, 2.24) is 9.88 Å². The number of carbonyl (C=O) groups excluding carboxylic acids is 1. The average Bonchev–Trinajstić information content (AvgIpc) is 3.05. The molecule has 0 saturated carbocycles. The average molecular weight is 340 g/mol. The van der Waals surface area contributed by atoms with E-state index in [-0.39, 0.29) is 18.1 Å². The zero-order valence-corrected chi connectivity index (χ0v) is 14.7. The highest BCUT2D eigenvalue weighted by molar-refractivity contribution is 5.79. The van der Waals surface area contributed by atoms with Crippen LogP contribution in [0.4, 0.5) is 0 Å². The fourth-order valence-electron chi connectivity index (χ4n) is 3.47. The molecule has 5 heteroatoms. The van der Waals surface area contributed by atoms with E-state index in [4.69, 9.17) is 9.47 Å². The first-order valence-electron chi connectivity index (χ1n) is 8.55. The second-order valence-corrected chi connectivity index (χ2v) is 6.31. The van der Waals surface area contributed by atoms with Gasteiger partial charge in [-0.25, -0.2) is 0 Å². The second-order valence-electron chi connectivity index (χ2n) is 6.31. The minimum atomic E-state index is 0.0484. The number of likely N-dealkylation sites (tertiary alicyclic amines) is 1. The van der Waals surface area contributed by atoms with E-state index < -0.39 is 0 Å². The number of rotatable bonds is 6. The number of methoxy groups -OCH3 is 2. The van der Waals surface area contributed by atoms with Crippen LogP contribution in [0.15, 0.2) is 48.8 Å². The van der Waals surface area contributed by atoms with Crippen LogP contribution in [0, 0.1) is 0 Å². The van der Waals surface area contributed by atoms with Crippen molar-refractivity contribution in [2.75, 3.05) is 20.8 Å². The number of aromatic nitrogens is 1. The fourth-order valence-corrected chi connectivity index (χ4v) is 3.47. The van der Waals surface area contributed by atoms with Gasteiger partial charge in [-0.05, 0) is 42.2 Å². The molecule has 132 valence electrons. The first kappa shape index (κ1) is 17.4. The Kier molecular flexibility index (Phi) is 5.66. The molecule has 0 radical (unpaired) electrons. The minimum absolute atomic E-state index is 0.0484. The molecule has 0 unspecified atom stereocenters. The van der Waals surface area contributed by atoms with E-state index in [9.17, 15) is 4.79 Å². The molecule has 1 aliphatic rings. The van der Waals surface area contributed by atoms with Gasteiger partial charge in [0.25, 0.3) is 0 Å². The summed E-state index contributed by atoms with van der Waals surface area (Å²) in [6.07, 6.45) is 5.68. The number of amides is 1. The first-order valence-corrected chi connectivity index (χ1v) is 8.55. The molecule has 0 spiro atoms. The molecule has 0 aliphatic carbocycles. The van der Waals surface area contributed by atoms with Crippen LogP contribution in [0.3, 0.4) is 0 Å². The number of nitrogens with zero attached hydrogens (tertiary/aromatic N) is 2. The van der Waals surface area contributed by atoms with E-state index in [0.29, 0.717) is 6.42 Å². The molecule has 2 aromatic rings. The SMILES string of the molecule is COc1cccc(CC(=O)N2CC[C@H](OC)[C@@H]2Cc2cccnc2)c1. The monoisotopic (exact) mass is 340 g/mol. The summed E-state index contributed by atoms with van der Waals surface area (Å²) in [5.74, 6) is 0.898. The van der Waals surface area contributed by atoms with Crippen molar-refractivity contribution >= 4 is 5.91 Å². The molecule has 0 N–H and O–H groups in total. The number of benzene rings is 1. The lowest BCUT2D eigenvalue weighted by Gasteiger charge is -2.28. The Labute approximate surface area is 148 Å². The molecule has 1 aromatic heterocycles. The van der Waals surface area contributed by atoms with Gasteiger partial charge in [0.1, 0.15) is 5.75 Å². The fraction of sp³-hybridized carbons (Fsp3) is 0.400. The molecule has 1 saturated heterocycles. The predicted molar refractivity (Wildman–Crippen MR) is 95.6 cm³/mol. The van der Waals surface area contributed by atoms with E-state index in [2.05, 4.69) is 4.98 Å². The van der Waals surface area contributed by atoms with E-state index in [1.165, 1.54) is 0 Å². The minimum Gasteiger partial charge on any atom is -0.497 e. The zero-order chi connectivity index (χ0) is 17.6. The Morgan fingerprint density at radius 3 is 2.80 bits per heavy atom. The van der Waals surface area contributed by atoms with Gasteiger partial charge in [-0.15, -0.1) is 0 Å². The molecule has 1 aromatic carbocycles. The van der Waals surface area contributed by atoms with Crippen molar-refractivity contribution in [3.8, 4) is 5.75 Å². The molecule has 2 atom stereocenters. The second kappa shape index (κ2) is 8.12. The topological polar surface area (TPSA) is 51.7 Å². The molecule has 0 bridgehead atoms. The van der Waals surface area contributed by atoms with Gasteiger partial charge in [-0.2, -0.15) is 0 Å². The van der Waals surface area contributed by atoms with Crippen LogP contribution >= 0.6 is 0 Å². The Morgan fingerprint density at radius 1 is 1.24 bits per heavy atom. The molecule has 2 heterocycles. The Morgan fingerprint density at radius 2 is 2.08 bits per heavy atom. The summed E-state index contributed by atoms with van der Waals surface area (Å²) in [4.78, 5) is 19.0. The lowest BCUT2D eigenvalue weighted by Crippen LogP contribution is -2.42. The van der Waals surface area contributed by atoms with Crippen LogP contribution in [0.25, 0.3) is 0 Å². The van der Waals surface area contributed by atoms with Gasteiger partial charge >= 0.3 is 0 Å². The van der Waals surface area contributed by atoms with E-state index >= 15 is 0 Å². The quantitative estimate of drug-likeness (QED) is 0.811. The third-order valence-electron chi connectivity index (χ3n) is 4.76. The van der Waals surface area contributed by atoms with E-state index in [1.807, 2.05) is 47.5 Å². The normalized spacial score (nSPS) is 19.8. The van der Waals surface area contributed by atoms with Crippen molar-refractivity contribution in [1.29, 1.82) is 0 Å². The Balaban J connectivity index is 1.73.